The number of alkyl halides is 3. The maximum Gasteiger partial charge on any atom is 0.418 e. The van der Waals surface area contributed by atoms with Gasteiger partial charge in [0.25, 0.3) is 0 Å². The highest BCUT2D eigenvalue weighted by Gasteiger charge is 2.35. The molecule has 2 rings (SSSR count). The van der Waals surface area contributed by atoms with Gasteiger partial charge in [0.2, 0.25) is 0 Å². The number of halogens is 3. The van der Waals surface area contributed by atoms with Crippen molar-refractivity contribution in [1.82, 2.24) is 5.43 Å². The summed E-state index contributed by atoms with van der Waals surface area (Å²) < 4.78 is 38.6. The van der Waals surface area contributed by atoms with Crippen molar-refractivity contribution >= 4 is 11.5 Å². The minimum absolute atomic E-state index is 0.0888. The van der Waals surface area contributed by atoms with Crippen LogP contribution in [-0.2, 0) is 6.18 Å². The largest absolute Gasteiger partial charge is 0.418 e. The normalized spacial score (nSPS) is 16.2. The van der Waals surface area contributed by atoms with Crippen molar-refractivity contribution in [3.8, 4) is 0 Å². The average molecular weight is 258 g/mol. The zero-order chi connectivity index (χ0) is 13.2. The summed E-state index contributed by atoms with van der Waals surface area (Å²) in [4.78, 5) is 4.07. The van der Waals surface area contributed by atoms with E-state index < -0.39 is 11.7 Å². The van der Waals surface area contributed by atoms with Gasteiger partial charge in [0.15, 0.2) is 0 Å². The molecular weight excluding hydrogens is 245 g/mol. The first kappa shape index (κ1) is 12.7. The van der Waals surface area contributed by atoms with Crippen LogP contribution in [0.5, 0.6) is 0 Å². The van der Waals surface area contributed by atoms with Crippen molar-refractivity contribution in [2.24, 2.45) is 10.7 Å². The minimum atomic E-state index is -4.38. The van der Waals surface area contributed by atoms with Crippen LogP contribution in [0.15, 0.2) is 29.3 Å². The van der Waals surface area contributed by atoms with Crippen LogP contribution < -0.4 is 16.2 Å². The molecule has 0 bridgehead atoms. The lowest BCUT2D eigenvalue weighted by Crippen LogP contribution is -2.50. The lowest BCUT2D eigenvalue weighted by atomic mass is 10.1. The van der Waals surface area contributed by atoms with E-state index in [1.54, 1.807) is 6.07 Å². The summed E-state index contributed by atoms with van der Waals surface area (Å²) in [5.74, 6) is 0.484. The third kappa shape index (κ3) is 2.56. The summed E-state index contributed by atoms with van der Waals surface area (Å²) in [7, 11) is 0. The number of benzene rings is 1. The van der Waals surface area contributed by atoms with Crippen LogP contribution in [0.4, 0.5) is 18.9 Å². The van der Waals surface area contributed by atoms with E-state index >= 15 is 0 Å². The van der Waals surface area contributed by atoms with Crippen LogP contribution in [0, 0.1) is 0 Å². The molecule has 0 aromatic heterocycles. The first-order chi connectivity index (χ1) is 8.52. The van der Waals surface area contributed by atoms with E-state index in [4.69, 9.17) is 5.73 Å². The maximum absolute atomic E-state index is 12.9. The average Bonchev–Trinajstić information content (AvgIpc) is 2.38. The molecule has 0 amide bonds. The van der Waals surface area contributed by atoms with Crippen molar-refractivity contribution in [3.05, 3.63) is 29.8 Å². The second-order valence-electron chi connectivity index (χ2n) is 3.81. The molecule has 0 unspecified atom stereocenters. The SMILES string of the molecule is NCC1=NCCN(c2ccccc2C(F)(F)F)N1. The van der Waals surface area contributed by atoms with Crippen LogP contribution >= 0.6 is 0 Å². The molecule has 18 heavy (non-hydrogen) atoms. The predicted molar refractivity (Wildman–Crippen MR) is 63.3 cm³/mol. The summed E-state index contributed by atoms with van der Waals surface area (Å²) in [6.45, 7) is 0.965. The van der Waals surface area contributed by atoms with E-state index in [1.165, 1.54) is 17.1 Å². The van der Waals surface area contributed by atoms with Crippen LogP contribution in [0.3, 0.4) is 0 Å². The standard InChI is InChI=1S/C11H13F3N4/c12-11(13,14)8-3-1-2-4-9(8)18-6-5-16-10(7-15)17-18/h1-4H,5-7,15H2,(H,16,17). The Hall–Kier alpha value is -1.76. The molecule has 3 N–H and O–H groups in total. The monoisotopic (exact) mass is 258 g/mol. The van der Waals surface area contributed by atoms with E-state index in [1.807, 2.05) is 0 Å². The number of nitrogens with zero attached hydrogens (tertiary/aromatic N) is 2. The van der Waals surface area contributed by atoms with E-state index in [0.29, 0.717) is 18.9 Å². The van der Waals surface area contributed by atoms with Crippen LogP contribution in [0.25, 0.3) is 0 Å². The molecule has 1 aliphatic rings. The third-order valence-corrected chi connectivity index (χ3v) is 2.58. The van der Waals surface area contributed by atoms with Gasteiger partial charge in [-0.1, -0.05) is 12.1 Å². The first-order valence-corrected chi connectivity index (χ1v) is 5.46. The fraction of sp³-hybridized carbons (Fsp3) is 0.364. The highest BCUT2D eigenvalue weighted by molar-refractivity contribution is 5.86. The quantitative estimate of drug-likeness (QED) is 0.842. The van der Waals surface area contributed by atoms with Gasteiger partial charge >= 0.3 is 6.18 Å². The fourth-order valence-electron chi connectivity index (χ4n) is 1.77. The number of nitrogens with one attached hydrogen (secondary N) is 1. The molecule has 0 fully saturated rings. The molecule has 98 valence electrons. The zero-order valence-corrected chi connectivity index (χ0v) is 9.54. The number of hydrogen-bond acceptors (Lipinski definition) is 4. The summed E-state index contributed by atoms with van der Waals surface area (Å²) in [5.41, 5.74) is 7.63. The topological polar surface area (TPSA) is 53.6 Å². The summed E-state index contributed by atoms with van der Waals surface area (Å²) in [5, 5.41) is 1.43. The molecule has 7 heteroatoms. The van der Waals surface area contributed by atoms with Gasteiger partial charge in [-0.3, -0.25) is 15.4 Å². The van der Waals surface area contributed by atoms with Gasteiger partial charge < -0.3 is 5.73 Å². The van der Waals surface area contributed by atoms with Gasteiger partial charge in [-0.25, -0.2) is 0 Å². The Morgan fingerprint density at radius 3 is 2.72 bits per heavy atom. The Morgan fingerprint density at radius 1 is 1.33 bits per heavy atom. The zero-order valence-electron chi connectivity index (χ0n) is 9.54. The molecule has 0 spiro atoms. The lowest BCUT2D eigenvalue weighted by molar-refractivity contribution is -0.137. The molecule has 0 atom stereocenters. The summed E-state index contributed by atoms with van der Waals surface area (Å²) in [6, 6.07) is 5.43. The predicted octanol–water partition coefficient (Wildman–Crippen LogP) is 1.39. The molecule has 1 aliphatic heterocycles. The summed E-state index contributed by atoms with van der Waals surface area (Å²) in [6.07, 6.45) is -4.38. The number of amidine groups is 1. The number of rotatable bonds is 2. The fourth-order valence-corrected chi connectivity index (χ4v) is 1.77. The second-order valence-corrected chi connectivity index (χ2v) is 3.81. The second kappa shape index (κ2) is 4.85. The van der Waals surface area contributed by atoms with Gasteiger partial charge in [-0.2, -0.15) is 13.2 Å². The van der Waals surface area contributed by atoms with E-state index in [0.717, 1.165) is 6.07 Å². The number of nitrogens with two attached hydrogens (primary N) is 1. The highest BCUT2D eigenvalue weighted by atomic mass is 19.4. The maximum atomic E-state index is 12.9. The Labute approximate surface area is 102 Å². The van der Waals surface area contributed by atoms with Crippen molar-refractivity contribution in [1.29, 1.82) is 0 Å². The van der Waals surface area contributed by atoms with Crippen molar-refractivity contribution in [3.63, 3.8) is 0 Å². The molecule has 0 aliphatic carbocycles. The van der Waals surface area contributed by atoms with Gasteiger partial charge in [0.1, 0.15) is 5.84 Å². The Bertz CT molecular complexity index is 456. The van der Waals surface area contributed by atoms with Crippen molar-refractivity contribution < 1.29 is 13.2 Å². The van der Waals surface area contributed by atoms with Gasteiger partial charge in [0.05, 0.1) is 30.9 Å². The number of hydrogen-bond donors (Lipinski definition) is 2. The lowest BCUT2D eigenvalue weighted by Gasteiger charge is -2.31. The Morgan fingerprint density at radius 2 is 2.06 bits per heavy atom. The molecule has 4 nitrogen and oxygen atoms in total. The highest BCUT2D eigenvalue weighted by Crippen LogP contribution is 2.36. The van der Waals surface area contributed by atoms with E-state index in [2.05, 4.69) is 10.4 Å². The van der Waals surface area contributed by atoms with Crippen molar-refractivity contribution in [2.75, 3.05) is 24.6 Å². The number of para-hydroxylation sites is 1. The van der Waals surface area contributed by atoms with Crippen LogP contribution in [0.2, 0.25) is 0 Å². The Balaban J connectivity index is 2.32. The van der Waals surface area contributed by atoms with Crippen LogP contribution in [-0.4, -0.2) is 25.5 Å². The first-order valence-electron chi connectivity index (χ1n) is 5.46. The molecule has 1 aromatic carbocycles. The van der Waals surface area contributed by atoms with E-state index in [9.17, 15) is 13.2 Å². The molecule has 0 saturated heterocycles. The molecule has 0 saturated carbocycles. The molecule has 1 heterocycles. The molecule has 1 aromatic rings. The van der Waals surface area contributed by atoms with Gasteiger partial charge in [-0.15, -0.1) is 0 Å². The number of hydrazine groups is 1. The molecular formula is C11H13F3N4. The van der Waals surface area contributed by atoms with Gasteiger partial charge in [0, 0.05) is 0 Å². The minimum Gasteiger partial charge on any atom is -0.324 e. The van der Waals surface area contributed by atoms with Crippen molar-refractivity contribution in [2.45, 2.75) is 6.18 Å². The van der Waals surface area contributed by atoms with Crippen LogP contribution in [0.1, 0.15) is 5.56 Å². The molecule has 0 radical (unpaired) electrons. The summed E-state index contributed by atoms with van der Waals surface area (Å²) >= 11 is 0. The van der Waals surface area contributed by atoms with Gasteiger partial charge in [-0.05, 0) is 12.1 Å². The Kier molecular flexibility index (Phi) is 3.42. The smallest absolute Gasteiger partial charge is 0.324 e. The third-order valence-electron chi connectivity index (χ3n) is 2.58. The number of anilines is 1. The van der Waals surface area contributed by atoms with E-state index in [-0.39, 0.29) is 12.2 Å². The number of aliphatic imine (C=N–C) groups is 1.